The van der Waals surface area contributed by atoms with E-state index >= 15 is 0 Å². The summed E-state index contributed by atoms with van der Waals surface area (Å²) >= 11 is 0. The van der Waals surface area contributed by atoms with Crippen LogP contribution in [0, 0.1) is 11.3 Å². The Balaban J connectivity index is 3.03. The van der Waals surface area contributed by atoms with Crippen molar-refractivity contribution >= 4 is 0 Å². The highest BCUT2D eigenvalue weighted by molar-refractivity contribution is 5.01. The topological polar surface area (TPSA) is 23.8 Å². The molecule has 1 heteroatoms. The largest absolute Gasteiger partial charge is 0.193 e. The quantitative estimate of drug-likeness (QED) is 0.334. The van der Waals surface area contributed by atoms with Crippen molar-refractivity contribution in [1.29, 1.82) is 5.26 Å². The van der Waals surface area contributed by atoms with E-state index in [2.05, 4.69) is 12.2 Å². The number of nitrogens with zero attached hydrogens (tertiary/aromatic N) is 1. The highest BCUT2D eigenvalue weighted by Crippen LogP contribution is 2.00. The van der Waals surface area contributed by atoms with E-state index < -0.39 is 0 Å². The van der Waals surface area contributed by atoms with Crippen LogP contribution in [0.2, 0.25) is 0 Å². The second kappa shape index (κ2) is 8.97. The molecule has 0 aliphatic carbocycles. The molecule has 0 aromatic heterocycles. The molecule has 0 amide bonds. The Bertz CT molecular complexity index is 160. The van der Waals surface area contributed by atoms with Gasteiger partial charge in [0, 0.05) is 6.08 Å². The van der Waals surface area contributed by atoms with Crippen LogP contribution in [0.15, 0.2) is 24.3 Å². The summed E-state index contributed by atoms with van der Waals surface area (Å²) in [5, 5.41) is 8.16. The van der Waals surface area contributed by atoms with Gasteiger partial charge in [0.2, 0.25) is 0 Å². The van der Waals surface area contributed by atoms with E-state index in [-0.39, 0.29) is 0 Å². The van der Waals surface area contributed by atoms with Gasteiger partial charge >= 0.3 is 0 Å². The van der Waals surface area contributed by atoms with Gasteiger partial charge in [-0.05, 0) is 32.6 Å². The van der Waals surface area contributed by atoms with Crippen molar-refractivity contribution in [3.63, 3.8) is 0 Å². The van der Waals surface area contributed by atoms with Crippen LogP contribution in [0.1, 0.15) is 32.6 Å². The molecule has 0 aromatic carbocycles. The third kappa shape index (κ3) is 8.97. The zero-order valence-corrected chi connectivity index (χ0v) is 7.09. The maximum Gasteiger partial charge on any atom is 0.0908 e. The van der Waals surface area contributed by atoms with Gasteiger partial charge in [0.25, 0.3) is 0 Å². The molecule has 0 fully saturated rings. The van der Waals surface area contributed by atoms with Crippen LogP contribution in [0.25, 0.3) is 0 Å². The molecule has 0 heterocycles. The van der Waals surface area contributed by atoms with E-state index in [4.69, 9.17) is 5.26 Å². The average Bonchev–Trinajstić information content (AvgIpc) is 2.03. The van der Waals surface area contributed by atoms with Crippen molar-refractivity contribution in [2.24, 2.45) is 0 Å². The van der Waals surface area contributed by atoms with Gasteiger partial charge in [-0.15, -0.1) is 0 Å². The third-order valence-electron chi connectivity index (χ3n) is 1.42. The van der Waals surface area contributed by atoms with E-state index in [9.17, 15) is 0 Å². The van der Waals surface area contributed by atoms with Gasteiger partial charge in [-0.3, -0.25) is 0 Å². The SMILES string of the molecule is C/C=C\CCCC/C=C/C#N. The van der Waals surface area contributed by atoms with Crippen molar-refractivity contribution in [3.8, 4) is 6.07 Å². The molecule has 0 aromatic rings. The average molecular weight is 149 g/mol. The highest BCUT2D eigenvalue weighted by Gasteiger charge is 1.81. The summed E-state index contributed by atoms with van der Waals surface area (Å²) in [5.41, 5.74) is 0. The Morgan fingerprint density at radius 2 is 1.82 bits per heavy atom. The van der Waals surface area contributed by atoms with Gasteiger partial charge in [-0.1, -0.05) is 18.2 Å². The van der Waals surface area contributed by atoms with E-state index in [0.717, 1.165) is 12.8 Å². The molecule has 0 radical (unpaired) electrons. The van der Waals surface area contributed by atoms with Crippen LogP contribution >= 0.6 is 0 Å². The lowest BCUT2D eigenvalue weighted by molar-refractivity contribution is 0.762. The van der Waals surface area contributed by atoms with Gasteiger partial charge < -0.3 is 0 Å². The first-order valence-electron chi connectivity index (χ1n) is 4.07. The lowest BCUT2D eigenvalue weighted by Gasteiger charge is -1.90. The van der Waals surface area contributed by atoms with E-state index in [1.165, 1.54) is 12.8 Å². The van der Waals surface area contributed by atoms with Crippen LogP contribution in [0.4, 0.5) is 0 Å². The molecule has 1 nitrogen and oxygen atoms in total. The minimum Gasteiger partial charge on any atom is -0.193 e. The molecule has 0 N–H and O–H groups in total. The molecule has 0 atom stereocenters. The number of nitriles is 1. The fourth-order valence-electron chi connectivity index (χ4n) is 0.827. The molecule has 0 unspecified atom stereocenters. The van der Waals surface area contributed by atoms with Gasteiger partial charge in [0.15, 0.2) is 0 Å². The molecule has 0 aliphatic rings. The van der Waals surface area contributed by atoms with Crippen LogP contribution in [0.3, 0.4) is 0 Å². The molecule has 0 rings (SSSR count). The Labute approximate surface area is 69.0 Å². The highest BCUT2D eigenvalue weighted by atomic mass is 14.2. The molecule has 0 spiro atoms. The predicted octanol–water partition coefficient (Wildman–Crippen LogP) is 3.20. The number of allylic oxidation sites excluding steroid dienone is 4. The van der Waals surface area contributed by atoms with Gasteiger partial charge in [0.1, 0.15) is 0 Å². The number of rotatable bonds is 5. The van der Waals surface area contributed by atoms with Crippen molar-refractivity contribution < 1.29 is 0 Å². The molecule has 11 heavy (non-hydrogen) atoms. The maximum absolute atomic E-state index is 8.16. The summed E-state index contributed by atoms with van der Waals surface area (Å²) in [6.07, 6.45) is 12.3. The number of hydrogen-bond donors (Lipinski definition) is 0. The molecule has 60 valence electrons. The molecule has 0 saturated heterocycles. The lowest BCUT2D eigenvalue weighted by atomic mass is 10.2. The Morgan fingerprint density at radius 3 is 2.36 bits per heavy atom. The normalized spacial score (nSPS) is 10.9. The third-order valence-corrected chi connectivity index (χ3v) is 1.42. The summed E-state index contributed by atoms with van der Waals surface area (Å²) in [7, 11) is 0. The Morgan fingerprint density at radius 1 is 1.18 bits per heavy atom. The van der Waals surface area contributed by atoms with Crippen LogP contribution in [0.5, 0.6) is 0 Å². The number of hydrogen-bond acceptors (Lipinski definition) is 1. The zero-order valence-electron chi connectivity index (χ0n) is 7.09. The zero-order chi connectivity index (χ0) is 8.36. The standard InChI is InChI=1S/C10H15N/c1-2-3-4-5-6-7-8-9-10-11/h2-3,8-9H,4-7H2,1H3/b3-2-,9-8+. The monoisotopic (exact) mass is 149 g/mol. The van der Waals surface area contributed by atoms with Crippen LogP contribution in [-0.2, 0) is 0 Å². The van der Waals surface area contributed by atoms with E-state index in [0.29, 0.717) is 0 Å². The lowest BCUT2D eigenvalue weighted by Crippen LogP contribution is -1.71. The van der Waals surface area contributed by atoms with Crippen molar-refractivity contribution in [2.75, 3.05) is 0 Å². The van der Waals surface area contributed by atoms with Gasteiger partial charge in [-0.25, -0.2) is 0 Å². The molecular weight excluding hydrogens is 134 g/mol. The maximum atomic E-state index is 8.16. The van der Waals surface area contributed by atoms with Crippen LogP contribution < -0.4 is 0 Å². The molecule has 0 bridgehead atoms. The Hall–Kier alpha value is -1.03. The fourth-order valence-corrected chi connectivity index (χ4v) is 0.827. The summed E-state index contributed by atoms with van der Waals surface area (Å²) in [5.74, 6) is 0. The summed E-state index contributed by atoms with van der Waals surface area (Å²) in [6.45, 7) is 2.04. The summed E-state index contributed by atoms with van der Waals surface area (Å²) in [4.78, 5) is 0. The molecule has 0 saturated carbocycles. The van der Waals surface area contributed by atoms with Crippen molar-refractivity contribution in [2.45, 2.75) is 32.6 Å². The molecular formula is C10H15N. The van der Waals surface area contributed by atoms with E-state index in [1.54, 1.807) is 6.08 Å². The first kappa shape index (κ1) is 9.97. The molecule has 0 aliphatic heterocycles. The Kier molecular flexibility index (Phi) is 8.13. The number of unbranched alkanes of at least 4 members (excludes halogenated alkanes) is 3. The fraction of sp³-hybridized carbons (Fsp3) is 0.500. The first-order chi connectivity index (χ1) is 5.41. The summed E-state index contributed by atoms with van der Waals surface area (Å²) < 4.78 is 0. The van der Waals surface area contributed by atoms with Gasteiger partial charge in [-0.2, -0.15) is 5.26 Å². The minimum absolute atomic E-state index is 1.03. The summed E-state index contributed by atoms with van der Waals surface area (Å²) in [6, 6.07) is 1.98. The first-order valence-corrected chi connectivity index (χ1v) is 4.07. The van der Waals surface area contributed by atoms with Crippen LogP contribution in [-0.4, -0.2) is 0 Å². The second-order valence-electron chi connectivity index (χ2n) is 2.38. The second-order valence-corrected chi connectivity index (χ2v) is 2.38. The van der Waals surface area contributed by atoms with Gasteiger partial charge in [0.05, 0.1) is 6.07 Å². The predicted molar refractivity (Wildman–Crippen MR) is 48.0 cm³/mol. The van der Waals surface area contributed by atoms with Crippen molar-refractivity contribution in [1.82, 2.24) is 0 Å². The van der Waals surface area contributed by atoms with E-state index in [1.807, 2.05) is 19.1 Å². The van der Waals surface area contributed by atoms with Crippen molar-refractivity contribution in [3.05, 3.63) is 24.3 Å². The smallest absolute Gasteiger partial charge is 0.0908 e. The minimum atomic E-state index is 1.03.